The largest absolute Gasteiger partial charge is 0.444 e. The van der Waals surface area contributed by atoms with Crippen molar-refractivity contribution in [1.29, 1.82) is 0 Å². The molecule has 1 atom stereocenters. The number of nitrogens with one attached hydrogen (secondary N) is 1. The first-order valence-electron chi connectivity index (χ1n) is 11.4. The summed E-state index contributed by atoms with van der Waals surface area (Å²) in [6.07, 6.45) is 7.63. The molecule has 2 rings (SSSR count). The van der Waals surface area contributed by atoms with E-state index in [1.165, 1.54) is 6.08 Å². The predicted molar refractivity (Wildman–Crippen MR) is 131 cm³/mol. The summed E-state index contributed by atoms with van der Waals surface area (Å²) in [6.45, 7) is 11.0. The van der Waals surface area contributed by atoms with Gasteiger partial charge in [0.2, 0.25) is 6.79 Å². The number of benzene rings is 1. The Kier molecular flexibility index (Phi) is 9.62. The summed E-state index contributed by atoms with van der Waals surface area (Å²) in [6, 6.07) is 7.71. The number of esters is 2. The Balaban J connectivity index is 1.79. The van der Waals surface area contributed by atoms with Gasteiger partial charge >= 0.3 is 18.0 Å². The zero-order valence-electron chi connectivity index (χ0n) is 21.2. The van der Waals surface area contributed by atoms with Crippen LogP contribution in [-0.4, -0.2) is 46.5 Å². The van der Waals surface area contributed by atoms with E-state index in [1.807, 2.05) is 55.8 Å². The summed E-state index contributed by atoms with van der Waals surface area (Å²) in [5, 5.41) is 2.60. The van der Waals surface area contributed by atoms with Crippen molar-refractivity contribution in [2.45, 2.75) is 53.7 Å². The van der Waals surface area contributed by atoms with Gasteiger partial charge in [0.1, 0.15) is 5.60 Å². The highest BCUT2D eigenvalue weighted by atomic mass is 16.7. The van der Waals surface area contributed by atoms with E-state index >= 15 is 0 Å². The molecule has 35 heavy (non-hydrogen) atoms. The fourth-order valence-electron chi connectivity index (χ4n) is 3.03. The summed E-state index contributed by atoms with van der Waals surface area (Å²) in [7, 11) is 0. The first-order valence-corrected chi connectivity index (χ1v) is 11.4. The summed E-state index contributed by atoms with van der Waals surface area (Å²) in [4.78, 5) is 40.5. The molecule has 0 spiro atoms. The van der Waals surface area contributed by atoms with E-state index in [-0.39, 0.29) is 6.54 Å². The van der Waals surface area contributed by atoms with E-state index in [9.17, 15) is 14.4 Å². The van der Waals surface area contributed by atoms with Gasteiger partial charge < -0.3 is 24.1 Å². The normalized spacial score (nSPS) is 12.7. The number of carbonyl (C=O) groups is 3. The van der Waals surface area contributed by atoms with Crippen molar-refractivity contribution in [2.24, 2.45) is 11.3 Å². The molecule has 0 aliphatic carbocycles. The molecule has 2 aromatic rings. The number of hydrogen-bond acceptors (Lipinski definition) is 7. The van der Waals surface area contributed by atoms with Crippen LogP contribution in [0.2, 0.25) is 0 Å². The number of amides is 1. The Morgan fingerprint density at radius 3 is 2.31 bits per heavy atom. The van der Waals surface area contributed by atoms with Crippen molar-refractivity contribution < 1.29 is 28.6 Å². The molecule has 0 saturated carbocycles. The molecular formula is C26H35N3O6. The van der Waals surface area contributed by atoms with Gasteiger partial charge in [0, 0.05) is 31.6 Å². The van der Waals surface area contributed by atoms with Crippen LogP contribution in [0.25, 0.3) is 6.08 Å². The van der Waals surface area contributed by atoms with Crippen molar-refractivity contribution in [1.82, 2.24) is 14.9 Å². The fourth-order valence-corrected chi connectivity index (χ4v) is 3.03. The minimum atomic E-state index is -0.662. The smallest absolute Gasteiger partial charge is 0.407 e. The lowest BCUT2D eigenvalue weighted by Crippen LogP contribution is -2.42. The molecule has 9 heteroatoms. The van der Waals surface area contributed by atoms with Gasteiger partial charge in [-0.05, 0) is 43.4 Å². The highest BCUT2D eigenvalue weighted by Gasteiger charge is 2.33. The Morgan fingerprint density at radius 2 is 1.74 bits per heavy atom. The van der Waals surface area contributed by atoms with Crippen LogP contribution in [0.3, 0.4) is 0 Å². The molecule has 0 bridgehead atoms. The van der Waals surface area contributed by atoms with Gasteiger partial charge in [0.25, 0.3) is 0 Å². The maximum Gasteiger partial charge on any atom is 0.407 e. The van der Waals surface area contributed by atoms with Crippen LogP contribution in [0.5, 0.6) is 0 Å². The SMILES string of the molecule is CC(C)(C)OC(=O)NCC(C(=O)OCOC(=O)/C=C/c1ccc(Cn2ccnc2)cc1)C(C)(C)C. The highest BCUT2D eigenvalue weighted by Crippen LogP contribution is 2.26. The van der Waals surface area contributed by atoms with Gasteiger partial charge in [-0.3, -0.25) is 4.79 Å². The van der Waals surface area contributed by atoms with E-state index in [4.69, 9.17) is 14.2 Å². The minimum absolute atomic E-state index is 0.0297. The lowest BCUT2D eigenvalue weighted by atomic mass is 9.80. The standard InChI is InChI=1S/C26H35N3O6/c1-25(2,3)21(15-28-24(32)35-26(4,5)6)23(31)34-18-33-22(30)12-11-19-7-9-20(10-8-19)16-29-14-13-27-17-29/h7-14,17,21H,15-16,18H2,1-6H3,(H,28,32)/b12-11+. The second-order valence-corrected chi connectivity index (χ2v) is 10.2. The molecule has 1 amide bonds. The number of imidazole rings is 1. The van der Waals surface area contributed by atoms with Crippen molar-refractivity contribution in [3.8, 4) is 0 Å². The third-order valence-corrected chi connectivity index (χ3v) is 4.90. The van der Waals surface area contributed by atoms with Gasteiger partial charge in [0.05, 0.1) is 12.2 Å². The van der Waals surface area contributed by atoms with Gasteiger partial charge in [-0.15, -0.1) is 0 Å². The maximum absolute atomic E-state index is 12.6. The summed E-state index contributed by atoms with van der Waals surface area (Å²) in [5.41, 5.74) is 0.782. The lowest BCUT2D eigenvalue weighted by molar-refractivity contribution is -0.169. The predicted octanol–water partition coefficient (Wildman–Crippen LogP) is 4.18. The minimum Gasteiger partial charge on any atom is -0.444 e. The number of ether oxygens (including phenoxy) is 3. The molecule has 1 N–H and O–H groups in total. The van der Waals surface area contributed by atoms with Gasteiger partial charge in [-0.1, -0.05) is 45.0 Å². The van der Waals surface area contributed by atoms with Crippen LogP contribution in [0, 0.1) is 11.3 Å². The van der Waals surface area contributed by atoms with Crippen molar-refractivity contribution in [2.75, 3.05) is 13.3 Å². The molecule has 1 aromatic heterocycles. The van der Waals surface area contributed by atoms with Crippen LogP contribution in [0.1, 0.15) is 52.7 Å². The molecule has 0 radical (unpaired) electrons. The van der Waals surface area contributed by atoms with E-state index in [2.05, 4.69) is 10.3 Å². The summed E-state index contributed by atoms with van der Waals surface area (Å²) < 4.78 is 17.3. The van der Waals surface area contributed by atoms with Crippen LogP contribution in [-0.2, 0) is 30.3 Å². The molecular weight excluding hydrogens is 450 g/mol. The Bertz CT molecular complexity index is 999. The number of hydrogen-bond donors (Lipinski definition) is 1. The molecule has 190 valence electrons. The summed E-state index contributed by atoms with van der Waals surface area (Å²) in [5.74, 6) is -1.89. The van der Waals surface area contributed by atoms with E-state index in [0.717, 1.165) is 11.1 Å². The quantitative estimate of drug-likeness (QED) is 0.322. The third kappa shape index (κ3) is 10.5. The average molecular weight is 486 g/mol. The Hall–Kier alpha value is -3.62. The van der Waals surface area contributed by atoms with E-state index < -0.39 is 41.8 Å². The van der Waals surface area contributed by atoms with Gasteiger partial charge in [0.15, 0.2) is 0 Å². The zero-order chi connectivity index (χ0) is 26.1. The first kappa shape index (κ1) is 27.6. The zero-order valence-corrected chi connectivity index (χ0v) is 21.2. The summed E-state index contributed by atoms with van der Waals surface area (Å²) >= 11 is 0. The fraction of sp³-hybridized carbons (Fsp3) is 0.462. The van der Waals surface area contributed by atoms with E-state index in [1.54, 1.807) is 39.4 Å². The number of alkyl carbamates (subject to hydrolysis) is 1. The van der Waals surface area contributed by atoms with Crippen molar-refractivity contribution >= 4 is 24.1 Å². The van der Waals surface area contributed by atoms with Crippen molar-refractivity contribution in [3.05, 3.63) is 60.2 Å². The number of nitrogens with zero attached hydrogens (tertiary/aromatic N) is 2. The number of rotatable bonds is 9. The second kappa shape index (κ2) is 12.2. The molecule has 0 aliphatic rings. The number of aromatic nitrogens is 2. The lowest BCUT2D eigenvalue weighted by Gasteiger charge is -2.29. The molecule has 1 aromatic carbocycles. The topological polar surface area (TPSA) is 109 Å². The Labute approximate surface area is 206 Å². The molecule has 0 aliphatic heterocycles. The Morgan fingerprint density at radius 1 is 1.06 bits per heavy atom. The monoisotopic (exact) mass is 485 g/mol. The second-order valence-electron chi connectivity index (χ2n) is 10.2. The van der Waals surface area contributed by atoms with Gasteiger partial charge in [-0.25, -0.2) is 14.6 Å². The molecule has 9 nitrogen and oxygen atoms in total. The maximum atomic E-state index is 12.6. The molecule has 1 heterocycles. The van der Waals surface area contributed by atoms with E-state index in [0.29, 0.717) is 6.54 Å². The van der Waals surface area contributed by atoms with Crippen LogP contribution in [0.15, 0.2) is 49.1 Å². The molecule has 1 unspecified atom stereocenters. The first-order chi connectivity index (χ1) is 16.3. The average Bonchev–Trinajstić information content (AvgIpc) is 3.24. The highest BCUT2D eigenvalue weighted by molar-refractivity contribution is 5.87. The third-order valence-electron chi connectivity index (χ3n) is 4.90. The van der Waals surface area contributed by atoms with Crippen molar-refractivity contribution in [3.63, 3.8) is 0 Å². The molecule has 0 fully saturated rings. The van der Waals surface area contributed by atoms with Crippen LogP contribution < -0.4 is 5.32 Å². The van der Waals surface area contributed by atoms with Crippen LogP contribution >= 0.6 is 0 Å². The van der Waals surface area contributed by atoms with Crippen LogP contribution in [0.4, 0.5) is 4.79 Å². The molecule has 0 saturated heterocycles. The van der Waals surface area contributed by atoms with Gasteiger partial charge in [-0.2, -0.15) is 0 Å². The number of carbonyl (C=O) groups excluding carboxylic acids is 3.